The Morgan fingerprint density at radius 1 is 0.433 bits per heavy atom. The molecule has 2 saturated carbocycles. The van der Waals surface area contributed by atoms with Gasteiger partial charge in [-0.25, -0.2) is 0 Å². The molecule has 4 heteroatoms. The van der Waals surface area contributed by atoms with Crippen LogP contribution in [0.25, 0.3) is 0 Å². The molecule has 2 aliphatic rings. The van der Waals surface area contributed by atoms with Crippen molar-refractivity contribution in [2.24, 2.45) is 11.8 Å². The van der Waals surface area contributed by atoms with Gasteiger partial charge in [0.05, 0.1) is 11.8 Å². The first kappa shape index (κ1) is 24.9. The highest BCUT2D eigenvalue weighted by molar-refractivity contribution is 6.44. The van der Waals surface area contributed by atoms with Crippen LogP contribution in [-0.4, -0.2) is 23.1 Å². The van der Waals surface area contributed by atoms with Gasteiger partial charge in [-0.1, -0.05) is 89.9 Å². The van der Waals surface area contributed by atoms with Crippen LogP contribution < -0.4 is 0 Å². The zero-order valence-electron chi connectivity index (χ0n) is 18.9. The number of ketones is 4. The Kier molecular flexibility index (Phi) is 12.2. The molecule has 2 rings (SSSR count). The molecular weight excluding hydrogens is 376 g/mol. The SMILES string of the molecule is O=C1CCCCCCCCCC[C@H]1C(=O)C(=O)[C@@H]1CCCCCCCCCCC1=O. The predicted molar refractivity (Wildman–Crippen MR) is 119 cm³/mol. The third kappa shape index (κ3) is 8.81. The summed E-state index contributed by atoms with van der Waals surface area (Å²) in [5, 5.41) is 0. The highest BCUT2D eigenvalue weighted by Gasteiger charge is 2.37. The standard InChI is InChI=1S/C26H42O4/c27-23-19-15-11-7-3-1-5-9-13-17-21(23)25(29)26(30)22-18-14-10-6-2-4-8-12-16-20-24(22)28/h21-22H,1-20H2/t21-,22-/m1/s1. The number of rotatable bonds is 3. The molecule has 0 N–H and O–H groups in total. The molecule has 2 fully saturated rings. The largest absolute Gasteiger partial charge is 0.299 e. The van der Waals surface area contributed by atoms with Gasteiger partial charge in [-0.15, -0.1) is 0 Å². The van der Waals surface area contributed by atoms with Crippen molar-refractivity contribution >= 4 is 23.1 Å². The summed E-state index contributed by atoms with van der Waals surface area (Å²) in [4.78, 5) is 51.8. The molecule has 2 atom stereocenters. The normalized spacial score (nSPS) is 27.1. The summed E-state index contributed by atoms with van der Waals surface area (Å²) in [5.41, 5.74) is 0. The lowest BCUT2D eigenvalue weighted by Crippen LogP contribution is -2.37. The van der Waals surface area contributed by atoms with Crippen molar-refractivity contribution in [2.75, 3.05) is 0 Å². The molecular formula is C26H42O4. The maximum atomic E-state index is 13.1. The van der Waals surface area contributed by atoms with Gasteiger partial charge >= 0.3 is 0 Å². The number of hydrogen-bond acceptors (Lipinski definition) is 4. The van der Waals surface area contributed by atoms with E-state index in [0.29, 0.717) is 25.7 Å². The van der Waals surface area contributed by atoms with Gasteiger partial charge in [0.25, 0.3) is 0 Å². The Hall–Kier alpha value is -1.32. The van der Waals surface area contributed by atoms with Crippen LogP contribution in [0, 0.1) is 11.8 Å². The summed E-state index contributed by atoms with van der Waals surface area (Å²) in [5.74, 6) is -2.91. The molecule has 0 bridgehead atoms. The Morgan fingerprint density at radius 3 is 1.03 bits per heavy atom. The van der Waals surface area contributed by atoms with Crippen molar-refractivity contribution in [1.29, 1.82) is 0 Å². The molecule has 0 heterocycles. The molecule has 0 spiro atoms. The zero-order chi connectivity index (χ0) is 21.6. The minimum absolute atomic E-state index is 0.0745. The molecule has 0 aromatic rings. The summed E-state index contributed by atoms with van der Waals surface area (Å²) in [6, 6.07) is 0. The van der Waals surface area contributed by atoms with Crippen LogP contribution in [0.1, 0.15) is 128 Å². The number of hydrogen-bond donors (Lipinski definition) is 0. The van der Waals surface area contributed by atoms with Crippen molar-refractivity contribution in [2.45, 2.75) is 128 Å². The summed E-state index contributed by atoms with van der Waals surface area (Å²) in [6.45, 7) is 0. The van der Waals surface area contributed by atoms with Crippen molar-refractivity contribution in [3.05, 3.63) is 0 Å². The maximum Gasteiger partial charge on any atom is 0.209 e. The Labute approximate surface area is 182 Å². The Balaban J connectivity index is 2.05. The fourth-order valence-corrected chi connectivity index (χ4v) is 4.99. The van der Waals surface area contributed by atoms with Gasteiger partial charge in [0, 0.05) is 12.8 Å². The molecule has 0 unspecified atom stereocenters. The molecule has 0 aromatic heterocycles. The summed E-state index contributed by atoms with van der Waals surface area (Å²) >= 11 is 0. The smallest absolute Gasteiger partial charge is 0.209 e. The fourth-order valence-electron chi connectivity index (χ4n) is 4.99. The lowest BCUT2D eigenvalue weighted by atomic mass is 9.81. The first-order valence-electron chi connectivity index (χ1n) is 12.7. The zero-order valence-corrected chi connectivity index (χ0v) is 18.9. The Morgan fingerprint density at radius 2 is 0.700 bits per heavy atom. The highest BCUT2D eigenvalue weighted by atomic mass is 16.2. The average molecular weight is 419 g/mol. The molecule has 4 nitrogen and oxygen atoms in total. The number of carbonyl (C=O) groups is 4. The number of Topliss-reactive ketones (excluding diaryl/α,β-unsaturated/α-hetero) is 4. The molecule has 0 amide bonds. The van der Waals surface area contributed by atoms with Gasteiger partial charge in [-0.3, -0.25) is 19.2 Å². The van der Waals surface area contributed by atoms with E-state index in [9.17, 15) is 19.2 Å². The second-order valence-corrected chi connectivity index (χ2v) is 9.50. The predicted octanol–water partition coefficient (Wildman–Crippen LogP) is 6.32. The molecule has 2 aliphatic carbocycles. The lowest BCUT2D eigenvalue weighted by molar-refractivity contribution is -0.147. The van der Waals surface area contributed by atoms with Crippen LogP contribution in [0.4, 0.5) is 0 Å². The third-order valence-electron chi connectivity index (χ3n) is 6.99. The van der Waals surface area contributed by atoms with E-state index in [-0.39, 0.29) is 11.6 Å². The van der Waals surface area contributed by atoms with Gasteiger partial charge in [0.1, 0.15) is 11.6 Å². The first-order valence-corrected chi connectivity index (χ1v) is 12.7. The van der Waals surface area contributed by atoms with E-state index in [4.69, 9.17) is 0 Å². The molecule has 30 heavy (non-hydrogen) atoms. The molecule has 0 aromatic carbocycles. The van der Waals surface area contributed by atoms with Gasteiger partial charge < -0.3 is 0 Å². The highest BCUT2D eigenvalue weighted by Crippen LogP contribution is 2.24. The topological polar surface area (TPSA) is 68.3 Å². The Bertz CT molecular complexity index is 515. The van der Waals surface area contributed by atoms with Crippen molar-refractivity contribution in [3.8, 4) is 0 Å². The minimum atomic E-state index is -0.814. The van der Waals surface area contributed by atoms with Crippen LogP contribution in [0.2, 0.25) is 0 Å². The van der Waals surface area contributed by atoms with Gasteiger partial charge in [-0.05, 0) is 25.7 Å². The number of carbonyl (C=O) groups excluding carboxylic acids is 4. The van der Waals surface area contributed by atoms with E-state index in [1.165, 1.54) is 25.7 Å². The van der Waals surface area contributed by atoms with E-state index in [1.807, 2.05) is 0 Å². The minimum Gasteiger partial charge on any atom is -0.299 e. The van der Waals surface area contributed by atoms with E-state index in [2.05, 4.69) is 0 Å². The van der Waals surface area contributed by atoms with Crippen molar-refractivity contribution in [3.63, 3.8) is 0 Å². The molecule has 0 saturated heterocycles. The van der Waals surface area contributed by atoms with Crippen molar-refractivity contribution < 1.29 is 19.2 Å². The van der Waals surface area contributed by atoms with Crippen LogP contribution in [0.5, 0.6) is 0 Å². The molecule has 0 aliphatic heterocycles. The third-order valence-corrected chi connectivity index (χ3v) is 6.99. The summed E-state index contributed by atoms with van der Waals surface area (Å²) < 4.78 is 0. The maximum absolute atomic E-state index is 13.1. The first-order chi connectivity index (χ1) is 14.6. The van der Waals surface area contributed by atoms with Crippen LogP contribution in [0.3, 0.4) is 0 Å². The van der Waals surface area contributed by atoms with Crippen molar-refractivity contribution in [1.82, 2.24) is 0 Å². The average Bonchev–Trinajstić information content (AvgIpc) is 2.72. The van der Waals surface area contributed by atoms with Gasteiger partial charge in [0.15, 0.2) is 0 Å². The quantitative estimate of drug-likeness (QED) is 0.397. The van der Waals surface area contributed by atoms with Crippen LogP contribution in [0.15, 0.2) is 0 Å². The van der Waals surface area contributed by atoms with E-state index in [1.54, 1.807) is 0 Å². The fraction of sp³-hybridized carbons (Fsp3) is 0.846. The molecule has 170 valence electrons. The summed E-state index contributed by atoms with van der Waals surface area (Å²) in [7, 11) is 0. The summed E-state index contributed by atoms with van der Waals surface area (Å²) in [6.07, 6.45) is 18.4. The van der Waals surface area contributed by atoms with Crippen LogP contribution >= 0.6 is 0 Å². The second-order valence-electron chi connectivity index (χ2n) is 9.50. The van der Waals surface area contributed by atoms with E-state index < -0.39 is 23.4 Å². The van der Waals surface area contributed by atoms with Crippen LogP contribution in [-0.2, 0) is 19.2 Å². The van der Waals surface area contributed by atoms with E-state index >= 15 is 0 Å². The second kappa shape index (κ2) is 14.6. The lowest BCUT2D eigenvalue weighted by Gasteiger charge is -2.19. The van der Waals surface area contributed by atoms with Gasteiger partial charge in [-0.2, -0.15) is 0 Å². The van der Waals surface area contributed by atoms with Gasteiger partial charge in [0.2, 0.25) is 11.6 Å². The van der Waals surface area contributed by atoms with E-state index in [0.717, 1.165) is 77.0 Å². The molecule has 0 radical (unpaired) electrons. The monoisotopic (exact) mass is 418 g/mol.